The number of ether oxygens (including phenoxy) is 2. The van der Waals surface area contributed by atoms with Gasteiger partial charge in [-0.2, -0.15) is 10.2 Å². The Morgan fingerprint density at radius 3 is 1.41 bits per heavy atom. The van der Waals surface area contributed by atoms with Crippen molar-refractivity contribution >= 4 is 24.4 Å². The third-order valence-electron chi connectivity index (χ3n) is 3.50. The van der Waals surface area contributed by atoms with Crippen LogP contribution in [-0.4, -0.2) is 55.1 Å². The highest BCUT2D eigenvalue weighted by atomic mass is 16.5. The van der Waals surface area contributed by atoms with Gasteiger partial charge in [-0.05, 0) is 59.7 Å². The minimum Gasteiger partial charge on any atom is -0.427 e. The molecule has 0 aromatic heterocycles. The highest BCUT2D eigenvalue weighted by molar-refractivity contribution is 5.80. The first-order chi connectivity index (χ1) is 13.8. The van der Waals surface area contributed by atoms with Crippen molar-refractivity contribution in [1.82, 2.24) is 10.0 Å². The summed E-state index contributed by atoms with van der Waals surface area (Å²) < 4.78 is 9.99. The van der Waals surface area contributed by atoms with Gasteiger partial charge in [-0.15, -0.1) is 0 Å². The van der Waals surface area contributed by atoms with E-state index in [1.807, 2.05) is 38.4 Å². The molecule has 0 spiro atoms. The van der Waals surface area contributed by atoms with Crippen LogP contribution in [0.3, 0.4) is 0 Å². The molecular weight excluding hydrogens is 372 g/mol. The fraction of sp³-hybridized carbons (Fsp3) is 0.238. The molecule has 152 valence electrons. The van der Waals surface area contributed by atoms with Crippen LogP contribution in [0.5, 0.6) is 11.5 Å². The highest BCUT2D eigenvalue weighted by Gasteiger charge is 2.00. The molecule has 0 bridgehead atoms. The molecule has 0 aliphatic carbocycles. The standard InChI is InChI=1S/C21H24N4O4/c1-16(26)28-20-9-5-18(6-10-20)13-22-24(3)15-25(4)23-14-19-7-11-21(12-8-19)29-17(2)27/h5-14H,15H2,1-4H3/b22-13+,23-14+. The molecule has 0 amide bonds. The van der Waals surface area contributed by atoms with E-state index in [0.29, 0.717) is 18.2 Å². The maximum Gasteiger partial charge on any atom is 0.308 e. The summed E-state index contributed by atoms with van der Waals surface area (Å²) in [5.74, 6) is 0.293. The second-order valence-corrected chi connectivity index (χ2v) is 6.27. The van der Waals surface area contributed by atoms with Crippen molar-refractivity contribution in [2.45, 2.75) is 13.8 Å². The summed E-state index contributed by atoms with van der Waals surface area (Å²) >= 11 is 0. The average Bonchev–Trinajstić information content (AvgIpc) is 2.66. The van der Waals surface area contributed by atoms with Gasteiger partial charge in [-0.3, -0.25) is 19.6 Å². The van der Waals surface area contributed by atoms with Gasteiger partial charge in [0.15, 0.2) is 0 Å². The maximum atomic E-state index is 10.9. The molecule has 2 rings (SSSR count). The number of hydrogen-bond donors (Lipinski definition) is 0. The first kappa shape index (κ1) is 21.6. The van der Waals surface area contributed by atoms with Crippen LogP contribution in [0, 0.1) is 0 Å². The zero-order valence-electron chi connectivity index (χ0n) is 16.9. The number of carbonyl (C=O) groups is 2. The number of benzene rings is 2. The van der Waals surface area contributed by atoms with Crippen LogP contribution < -0.4 is 9.47 Å². The van der Waals surface area contributed by atoms with Crippen LogP contribution in [0.1, 0.15) is 25.0 Å². The smallest absolute Gasteiger partial charge is 0.308 e. The van der Waals surface area contributed by atoms with E-state index < -0.39 is 0 Å². The molecule has 8 heteroatoms. The lowest BCUT2D eigenvalue weighted by Gasteiger charge is -2.19. The second kappa shape index (κ2) is 10.6. The molecular formula is C21H24N4O4. The lowest BCUT2D eigenvalue weighted by atomic mass is 10.2. The molecule has 29 heavy (non-hydrogen) atoms. The van der Waals surface area contributed by atoms with Crippen molar-refractivity contribution < 1.29 is 19.1 Å². The molecule has 0 unspecified atom stereocenters. The van der Waals surface area contributed by atoms with Crippen LogP contribution in [0.15, 0.2) is 58.7 Å². The Balaban J connectivity index is 1.84. The molecule has 0 heterocycles. The molecule has 0 radical (unpaired) electrons. The molecule has 0 saturated heterocycles. The first-order valence-electron chi connectivity index (χ1n) is 8.89. The van der Waals surface area contributed by atoms with E-state index >= 15 is 0 Å². The number of rotatable bonds is 8. The van der Waals surface area contributed by atoms with Gasteiger partial charge in [-0.1, -0.05) is 0 Å². The second-order valence-electron chi connectivity index (χ2n) is 6.27. The van der Waals surface area contributed by atoms with Gasteiger partial charge in [0.25, 0.3) is 0 Å². The van der Waals surface area contributed by atoms with Gasteiger partial charge in [0.1, 0.15) is 18.2 Å². The van der Waals surface area contributed by atoms with Crippen molar-refractivity contribution in [3.05, 3.63) is 59.7 Å². The minimum atomic E-state index is -0.352. The van der Waals surface area contributed by atoms with E-state index in [2.05, 4.69) is 10.2 Å². The van der Waals surface area contributed by atoms with E-state index in [1.165, 1.54) is 13.8 Å². The molecule has 0 atom stereocenters. The average molecular weight is 396 g/mol. The molecule has 8 nitrogen and oxygen atoms in total. The quantitative estimate of drug-likeness (QED) is 0.224. The van der Waals surface area contributed by atoms with Crippen LogP contribution >= 0.6 is 0 Å². The first-order valence-corrected chi connectivity index (χ1v) is 8.89. The predicted molar refractivity (Wildman–Crippen MR) is 111 cm³/mol. The summed E-state index contributed by atoms with van der Waals surface area (Å²) in [4.78, 5) is 21.8. The molecule has 0 saturated carbocycles. The van der Waals surface area contributed by atoms with Gasteiger partial charge in [0.2, 0.25) is 0 Å². The summed E-state index contributed by atoms with van der Waals surface area (Å²) in [5, 5.41) is 12.2. The van der Waals surface area contributed by atoms with E-state index in [1.54, 1.807) is 46.7 Å². The lowest BCUT2D eigenvalue weighted by Crippen LogP contribution is -2.26. The number of esters is 2. The van der Waals surface area contributed by atoms with Gasteiger partial charge < -0.3 is 9.47 Å². The van der Waals surface area contributed by atoms with Gasteiger partial charge in [-0.25, -0.2) is 0 Å². The monoisotopic (exact) mass is 396 g/mol. The third-order valence-corrected chi connectivity index (χ3v) is 3.50. The Morgan fingerprint density at radius 1 is 0.759 bits per heavy atom. The normalized spacial score (nSPS) is 10.9. The van der Waals surface area contributed by atoms with Gasteiger partial charge >= 0.3 is 11.9 Å². The summed E-state index contributed by atoms with van der Waals surface area (Å²) in [5.41, 5.74) is 1.76. The van der Waals surface area contributed by atoms with Crippen LogP contribution in [0.2, 0.25) is 0 Å². The van der Waals surface area contributed by atoms with Crippen LogP contribution in [0.25, 0.3) is 0 Å². The van der Waals surface area contributed by atoms with Crippen LogP contribution in [-0.2, 0) is 9.59 Å². The highest BCUT2D eigenvalue weighted by Crippen LogP contribution is 2.12. The molecule has 0 aliphatic rings. The summed E-state index contributed by atoms with van der Waals surface area (Å²) in [6.07, 6.45) is 3.42. The SMILES string of the molecule is CC(=O)Oc1ccc(/C=N/N(C)CN(C)/N=C/c2ccc(OC(C)=O)cc2)cc1. The third kappa shape index (κ3) is 8.25. The molecule has 0 N–H and O–H groups in total. The van der Waals surface area contributed by atoms with Crippen molar-refractivity contribution in [3.8, 4) is 11.5 Å². The van der Waals surface area contributed by atoms with Gasteiger partial charge in [0, 0.05) is 27.9 Å². The number of carbonyl (C=O) groups excluding carboxylic acids is 2. The van der Waals surface area contributed by atoms with Crippen LogP contribution in [0.4, 0.5) is 0 Å². The minimum absolute atomic E-state index is 0.352. The number of nitrogens with zero attached hydrogens (tertiary/aromatic N) is 4. The maximum absolute atomic E-state index is 10.9. The fourth-order valence-electron chi connectivity index (χ4n) is 2.28. The van der Waals surface area contributed by atoms with Crippen molar-refractivity contribution in [1.29, 1.82) is 0 Å². The summed E-state index contributed by atoms with van der Waals surface area (Å²) in [7, 11) is 3.67. The molecule has 2 aromatic carbocycles. The summed E-state index contributed by atoms with van der Waals surface area (Å²) in [6.45, 7) is 3.20. The van der Waals surface area contributed by atoms with E-state index in [-0.39, 0.29) is 11.9 Å². The van der Waals surface area contributed by atoms with E-state index in [9.17, 15) is 9.59 Å². The Bertz CT molecular complexity index is 803. The molecule has 0 aliphatic heterocycles. The molecule has 0 fully saturated rings. The van der Waals surface area contributed by atoms with Crippen molar-refractivity contribution in [2.75, 3.05) is 20.8 Å². The Labute approximate surface area is 170 Å². The largest absolute Gasteiger partial charge is 0.427 e. The topological polar surface area (TPSA) is 83.8 Å². The zero-order valence-corrected chi connectivity index (χ0v) is 16.9. The van der Waals surface area contributed by atoms with E-state index in [4.69, 9.17) is 9.47 Å². The molecule has 2 aromatic rings. The van der Waals surface area contributed by atoms with E-state index in [0.717, 1.165) is 11.1 Å². The summed E-state index contributed by atoms with van der Waals surface area (Å²) in [6, 6.07) is 14.1. The van der Waals surface area contributed by atoms with Gasteiger partial charge in [0.05, 0.1) is 12.4 Å². The fourth-order valence-corrected chi connectivity index (χ4v) is 2.28. The zero-order chi connectivity index (χ0) is 21.2. The Kier molecular flexibility index (Phi) is 7.90. The van der Waals surface area contributed by atoms with Crippen molar-refractivity contribution in [3.63, 3.8) is 0 Å². The Hall–Kier alpha value is -3.68. The lowest BCUT2D eigenvalue weighted by molar-refractivity contribution is -0.132. The number of hydrogen-bond acceptors (Lipinski definition) is 8. The predicted octanol–water partition coefficient (Wildman–Crippen LogP) is 2.73. The van der Waals surface area contributed by atoms with Crippen molar-refractivity contribution in [2.24, 2.45) is 10.2 Å². The number of hydrazone groups is 2. The Morgan fingerprint density at radius 2 is 1.10 bits per heavy atom.